The van der Waals surface area contributed by atoms with Gasteiger partial charge in [0.15, 0.2) is 0 Å². The maximum Gasteiger partial charge on any atom is 0.340 e. The molecule has 0 spiro atoms. The smallest absolute Gasteiger partial charge is 0.340 e. The monoisotopic (exact) mass is 441 g/mol. The van der Waals surface area contributed by atoms with Crippen LogP contribution in [0.3, 0.4) is 0 Å². The van der Waals surface area contributed by atoms with Crippen LogP contribution in [-0.2, 0) is 21.8 Å². The number of carbonyl (C=O) groups excluding carboxylic acids is 1. The fourth-order valence-corrected chi connectivity index (χ4v) is 4.32. The predicted octanol–water partition coefficient (Wildman–Crippen LogP) is 3.16. The predicted molar refractivity (Wildman–Crippen MR) is 119 cm³/mol. The average molecular weight is 442 g/mol. The van der Waals surface area contributed by atoms with E-state index in [4.69, 9.17) is 4.42 Å². The Balaban J connectivity index is 1.71. The molecule has 31 heavy (non-hydrogen) atoms. The van der Waals surface area contributed by atoms with Crippen LogP contribution >= 0.6 is 11.8 Å². The van der Waals surface area contributed by atoms with Crippen LogP contribution in [0.2, 0.25) is 0 Å². The first-order chi connectivity index (χ1) is 14.8. The van der Waals surface area contributed by atoms with E-state index in [0.29, 0.717) is 16.7 Å². The second-order valence-electron chi connectivity index (χ2n) is 7.29. The van der Waals surface area contributed by atoms with Crippen LogP contribution in [0.5, 0.6) is 5.75 Å². The SMILES string of the molecule is Cc1cc(O)c2c(C)c(CC(=O)NC(CSCc3ccccc3)C(=O)O)c(=O)oc2c1. The Morgan fingerprint density at radius 1 is 1.16 bits per heavy atom. The number of carboxylic acid groups (broad SMARTS) is 1. The van der Waals surface area contributed by atoms with Gasteiger partial charge in [0, 0.05) is 11.5 Å². The largest absolute Gasteiger partial charge is 0.507 e. The standard InChI is InChI=1S/C23H23NO6S/c1-13-8-18(25)21-14(2)16(23(29)30-19(21)9-13)10-20(26)24-17(22(27)28)12-31-11-15-6-4-3-5-7-15/h3-9,17,25H,10-12H2,1-2H3,(H,24,26)(H,27,28). The van der Waals surface area contributed by atoms with Crippen molar-refractivity contribution in [1.82, 2.24) is 5.32 Å². The van der Waals surface area contributed by atoms with E-state index in [-0.39, 0.29) is 29.1 Å². The molecule has 1 atom stereocenters. The molecule has 0 saturated heterocycles. The van der Waals surface area contributed by atoms with Gasteiger partial charge in [-0.2, -0.15) is 11.8 Å². The summed E-state index contributed by atoms with van der Waals surface area (Å²) in [5.74, 6) is -0.995. The van der Waals surface area contributed by atoms with E-state index >= 15 is 0 Å². The highest BCUT2D eigenvalue weighted by Gasteiger charge is 2.23. The summed E-state index contributed by atoms with van der Waals surface area (Å²) in [4.78, 5) is 36.5. The summed E-state index contributed by atoms with van der Waals surface area (Å²) in [7, 11) is 0. The Kier molecular flexibility index (Phi) is 7.02. The van der Waals surface area contributed by atoms with Gasteiger partial charge in [0.1, 0.15) is 17.4 Å². The van der Waals surface area contributed by atoms with E-state index in [1.54, 1.807) is 26.0 Å². The van der Waals surface area contributed by atoms with Crippen LogP contribution in [0.4, 0.5) is 0 Å². The molecule has 1 aromatic heterocycles. The van der Waals surface area contributed by atoms with Crippen molar-refractivity contribution in [1.29, 1.82) is 0 Å². The first-order valence-electron chi connectivity index (χ1n) is 9.66. The quantitative estimate of drug-likeness (QED) is 0.460. The summed E-state index contributed by atoms with van der Waals surface area (Å²) in [5.41, 5.74) is 1.87. The number of benzene rings is 2. The van der Waals surface area contributed by atoms with Gasteiger partial charge in [-0.15, -0.1) is 0 Å². The Hall–Kier alpha value is -3.26. The van der Waals surface area contributed by atoms with Crippen LogP contribution in [-0.4, -0.2) is 33.9 Å². The lowest BCUT2D eigenvalue weighted by molar-refractivity contribution is -0.141. The number of hydrogen-bond donors (Lipinski definition) is 3. The number of amides is 1. The first kappa shape index (κ1) is 22.4. The molecule has 2 aromatic carbocycles. The number of rotatable bonds is 8. The lowest BCUT2D eigenvalue weighted by atomic mass is 10.0. The molecule has 0 fully saturated rings. The van der Waals surface area contributed by atoms with Gasteiger partial charge >= 0.3 is 11.6 Å². The van der Waals surface area contributed by atoms with Crippen LogP contribution < -0.4 is 10.9 Å². The van der Waals surface area contributed by atoms with Crippen LogP contribution in [0.15, 0.2) is 51.7 Å². The number of phenols is 1. The highest BCUT2D eigenvalue weighted by atomic mass is 32.2. The number of carboxylic acids is 1. The minimum absolute atomic E-state index is 0.0429. The van der Waals surface area contributed by atoms with Crippen molar-refractivity contribution in [2.75, 3.05) is 5.75 Å². The minimum Gasteiger partial charge on any atom is -0.507 e. The van der Waals surface area contributed by atoms with Crippen LogP contribution in [0, 0.1) is 13.8 Å². The highest BCUT2D eigenvalue weighted by Crippen LogP contribution is 2.29. The Bertz CT molecular complexity index is 1170. The maximum atomic E-state index is 12.5. The molecule has 0 aliphatic carbocycles. The van der Waals surface area contributed by atoms with E-state index in [1.807, 2.05) is 30.3 Å². The third-order valence-corrected chi connectivity index (χ3v) is 5.98. The molecule has 0 aliphatic rings. The number of carbonyl (C=O) groups is 2. The topological polar surface area (TPSA) is 117 Å². The Morgan fingerprint density at radius 3 is 2.55 bits per heavy atom. The molecule has 8 heteroatoms. The molecule has 0 radical (unpaired) electrons. The molecule has 3 rings (SSSR count). The van der Waals surface area contributed by atoms with Crippen molar-refractivity contribution in [2.24, 2.45) is 0 Å². The number of nitrogens with one attached hydrogen (secondary N) is 1. The zero-order valence-electron chi connectivity index (χ0n) is 17.2. The molecule has 3 aromatic rings. The molecule has 1 unspecified atom stereocenters. The Morgan fingerprint density at radius 2 is 1.87 bits per heavy atom. The van der Waals surface area contributed by atoms with Crippen LogP contribution in [0.25, 0.3) is 11.0 Å². The average Bonchev–Trinajstić information content (AvgIpc) is 2.70. The summed E-state index contributed by atoms with van der Waals surface area (Å²) >= 11 is 1.39. The molecule has 0 aliphatic heterocycles. The number of thioether (sulfide) groups is 1. The Labute approximate surface area is 183 Å². The summed E-state index contributed by atoms with van der Waals surface area (Å²) in [6.45, 7) is 3.39. The third kappa shape index (κ3) is 5.46. The normalized spacial score (nSPS) is 11.9. The summed E-state index contributed by atoms with van der Waals surface area (Å²) in [5, 5.41) is 22.5. The van der Waals surface area contributed by atoms with Crippen molar-refractivity contribution in [3.63, 3.8) is 0 Å². The van der Waals surface area contributed by atoms with Gasteiger partial charge in [0.25, 0.3) is 0 Å². The molecule has 0 bridgehead atoms. The molecule has 7 nitrogen and oxygen atoms in total. The molecular formula is C23H23NO6S. The van der Waals surface area contributed by atoms with E-state index in [1.165, 1.54) is 11.8 Å². The van der Waals surface area contributed by atoms with Gasteiger partial charge in [-0.05, 0) is 42.7 Å². The fourth-order valence-electron chi connectivity index (χ4n) is 3.31. The van der Waals surface area contributed by atoms with Gasteiger partial charge in [0.2, 0.25) is 5.91 Å². The third-order valence-electron chi connectivity index (χ3n) is 4.87. The van der Waals surface area contributed by atoms with Gasteiger partial charge in [-0.1, -0.05) is 30.3 Å². The van der Waals surface area contributed by atoms with Gasteiger partial charge < -0.3 is 19.9 Å². The highest BCUT2D eigenvalue weighted by molar-refractivity contribution is 7.98. The molecular weight excluding hydrogens is 418 g/mol. The first-order valence-corrected chi connectivity index (χ1v) is 10.8. The van der Waals surface area contributed by atoms with Crippen molar-refractivity contribution in [3.8, 4) is 5.75 Å². The number of aromatic hydroxyl groups is 1. The number of phenolic OH excluding ortho intramolecular Hbond substituents is 1. The lowest BCUT2D eigenvalue weighted by Crippen LogP contribution is -2.43. The summed E-state index contributed by atoms with van der Waals surface area (Å²) in [6, 6.07) is 11.7. The van der Waals surface area contributed by atoms with Crippen LogP contribution in [0.1, 0.15) is 22.3 Å². The molecule has 162 valence electrons. The van der Waals surface area contributed by atoms with E-state index in [0.717, 1.165) is 11.1 Å². The number of aliphatic carboxylic acids is 1. The lowest BCUT2D eigenvalue weighted by Gasteiger charge is -2.15. The van der Waals surface area contributed by atoms with Gasteiger partial charge in [-0.25, -0.2) is 9.59 Å². The summed E-state index contributed by atoms with van der Waals surface area (Å²) < 4.78 is 5.29. The number of aryl methyl sites for hydroxylation is 2. The number of hydrogen-bond acceptors (Lipinski definition) is 6. The van der Waals surface area contributed by atoms with Crippen molar-refractivity contribution in [3.05, 3.63) is 75.1 Å². The molecule has 1 heterocycles. The van der Waals surface area contributed by atoms with Gasteiger partial charge in [0.05, 0.1) is 17.4 Å². The van der Waals surface area contributed by atoms with Gasteiger partial charge in [-0.3, -0.25) is 4.79 Å². The number of fused-ring (bicyclic) bond motifs is 1. The minimum atomic E-state index is -1.15. The van der Waals surface area contributed by atoms with E-state index < -0.39 is 23.5 Å². The molecule has 0 saturated carbocycles. The maximum absolute atomic E-state index is 12.5. The summed E-state index contributed by atoms with van der Waals surface area (Å²) in [6.07, 6.45) is -0.343. The second kappa shape index (κ2) is 9.70. The van der Waals surface area contributed by atoms with Crippen molar-refractivity contribution < 1.29 is 24.2 Å². The van der Waals surface area contributed by atoms with E-state index in [9.17, 15) is 24.6 Å². The fraction of sp³-hybridized carbons (Fsp3) is 0.261. The molecule has 1 amide bonds. The second-order valence-corrected chi connectivity index (χ2v) is 8.32. The van der Waals surface area contributed by atoms with Crippen molar-refractivity contribution in [2.45, 2.75) is 32.1 Å². The van der Waals surface area contributed by atoms with Crippen molar-refractivity contribution >= 4 is 34.6 Å². The molecule has 3 N–H and O–H groups in total. The zero-order chi connectivity index (χ0) is 22.5. The zero-order valence-corrected chi connectivity index (χ0v) is 18.0. The van der Waals surface area contributed by atoms with E-state index in [2.05, 4.69) is 5.32 Å².